The minimum atomic E-state index is -1.68. The van der Waals surface area contributed by atoms with Gasteiger partial charge in [0.15, 0.2) is 12.6 Å². The second-order valence-electron chi connectivity index (χ2n) is 5.08. The van der Waals surface area contributed by atoms with Gasteiger partial charge in [-0.3, -0.25) is 0 Å². The molecule has 0 bridgehead atoms. The van der Waals surface area contributed by atoms with Gasteiger partial charge in [0.25, 0.3) is 0 Å². The molecule has 9 atom stereocenters. The lowest BCUT2D eigenvalue weighted by atomic mass is 9.99. The van der Waals surface area contributed by atoms with Crippen molar-refractivity contribution in [1.82, 2.24) is 0 Å². The van der Waals surface area contributed by atoms with E-state index >= 15 is 0 Å². The summed E-state index contributed by atoms with van der Waals surface area (Å²) < 4.78 is 15.0. The van der Waals surface area contributed by atoms with Crippen LogP contribution in [-0.2, 0) is 14.2 Å². The van der Waals surface area contributed by atoms with E-state index in [0.29, 0.717) is 0 Å². The molecule has 0 saturated carbocycles. The molecule has 2 rings (SSSR count). The van der Waals surface area contributed by atoms with Gasteiger partial charge in [-0.1, -0.05) is 0 Å². The topological polar surface area (TPSA) is 169 Å². The molecular formula is C11H20O10. The summed E-state index contributed by atoms with van der Waals surface area (Å²) in [4.78, 5) is 0. The summed E-state index contributed by atoms with van der Waals surface area (Å²) in [7, 11) is 0. The van der Waals surface area contributed by atoms with Crippen molar-refractivity contribution in [2.24, 2.45) is 0 Å². The van der Waals surface area contributed by atoms with Gasteiger partial charge in [0.05, 0.1) is 13.2 Å². The lowest BCUT2D eigenvalue weighted by Gasteiger charge is -2.43. The van der Waals surface area contributed by atoms with Crippen molar-refractivity contribution < 1.29 is 50.0 Å². The summed E-state index contributed by atoms with van der Waals surface area (Å²) in [5.74, 6) is 0. The zero-order valence-electron chi connectivity index (χ0n) is 11.0. The lowest BCUT2D eigenvalue weighted by molar-refractivity contribution is -0.352. The molecule has 2 saturated heterocycles. The molecule has 4 unspecified atom stereocenters. The number of rotatable bonds is 3. The van der Waals surface area contributed by atoms with Gasteiger partial charge in [-0.05, 0) is 0 Å². The quantitative estimate of drug-likeness (QED) is 0.268. The van der Waals surface area contributed by atoms with Crippen LogP contribution in [0.15, 0.2) is 0 Å². The molecule has 10 heteroatoms. The molecule has 0 aromatic carbocycles. The molecule has 21 heavy (non-hydrogen) atoms. The molecule has 0 amide bonds. The third-order valence-electron chi connectivity index (χ3n) is 3.59. The number of hydrogen-bond acceptors (Lipinski definition) is 10. The molecule has 2 fully saturated rings. The van der Waals surface area contributed by atoms with Crippen molar-refractivity contribution in [1.29, 1.82) is 0 Å². The van der Waals surface area contributed by atoms with Crippen molar-refractivity contribution in [2.45, 2.75) is 55.3 Å². The molecule has 10 nitrogen and oxygen atoms in total. The fraction of sp³-hybridized carbons (Fsp3) is 1.00. The Labute approximate surface area is 119 Å². The maximum absolute atomic E-state index is 9.78. The van der Waals surface area contributed by atoms with E-state index in [1.54, 1.807) is 0 Å². The molecule has 2 aliphatic rings. The van der Waals surface area contributed by atoms with E-state index in [1.807, 2.05) is 0 Å². The molecule has 2 heterocycles. The Kier molecular flexibility index (Phi) is 5.48. The van der Waals surface area contributed by atoms with Gasteiger partial charge in [-0.2, -0.15) is 0 Å². The third kappa shape index (κ3) is 3.35. The Balaban J connectivity index is 2.06. The summed E-state index contributed by atoms with van der Waals surface area (Å²) in [6, 6.07) is 0. The average molecular weight is 312 g/mol. The van der Waals surface area contributed by atoms with Crippen LogP contribution in [0, 0.1) is 0 Å². The minimum absolute atomic E-state index is 0.295. The highest BCUT2D eigenvalue weighted by Crippen LogP contribution is 2.26. The number of aliphatic hydroxyl groups excluding tert-OH is 7. The first kappa shape index (κ1) is 17.0. The monoisotopic (exact) mass is 312 g/mol. The number of aliphatic hydroxyl groups is 7. The molecule has 0 aliphatic carbocycles. The summed E-state index contributed by atoms with van der Waals surface area (Å²) >= 11 is 0. The fourth-order valence-corrected chi connectivity index (χ4v) is 2.26. The van der Waals surface area contributed by atoms with Crippen molar-refractivity contribution in [3.8, 4) is 0 Å². The maximum Gasteiger partial charge on any atom is 0.187 e. The molecule has 0 aromatic heterocycles. The summed E-state index contributed by atoms with van der Waals surface area (Å²) in [5, 5.41) is 66.8. The first-order valence-corrected chi connectivity index (χ1v) is 6.48. The van der Waals surface area contributed by atoms with E-state index in [4.69, 9.17) is 19.3 Å². The van der Waals surface area contributed by atoms with Gasteiger partial charge in [0, 0.05) is 0 Å². The van der Waals surface area contributed by atoms with E-state index in [0.717, 1.165) is 0 Å². The van der Waals surface area contributed by atoms with Crippen LogP contribution in [0.3, 0.4) is 0 Å². The van der Waals surface area contributed by atoms with E-state index in [1.165, 1.54) is 0 Å². The van der Waals surface area contributed by atoms with Crippen LogP contribution in [0.2, 0.25) is 0 Å². The largest absolute Gasteiger partial charge is 0.394 e. The lowest BCUT2D eigenvalue weighted by Crippen LogP contribution is -2.62. The zero-order valence-corrected chi connectivity index (χ0v) is 11.0. The highest BCUT2D eigenvalue weighted by atomic mass is 16.7. The first-order valence-electron chi connectivity index (χ1n) is 6.48. The van der Waals surface area contributed by atoms with Crippen molar-refractivity contribution in [3.05, 3.63) is 0 Å². The van der Waals surface area contributed by atoms with E-state index in [-0.39, 0.29) is 6.61 Å². The molecule has 0 aromatic rings. The molecule has 0 spiro atoms. The number of ether oxygens (including phenoxy) is 3. The minimum Gasteiger partial charge on any atom is -0.394 e. The molecule has 124 valence electrons. The van der Waals surface area contributed by atoms with Crippen molar-refractivity contribution in [3.63, 3.8) is 0 Å². The molecule has 0 radical (unpaired) electrons. The summed E-state index contributed by atoms with van der Waals surface area (Å²) in [6.07, 6.45) is -13.4. The van der Waals surface area contributed by atoms with Gasteiger partial charge in [0.2, 0.25) is 0 Å². The van der Waals surface area contributed by atoms with Crippen LogP contribution in [0.4, 0.5) is 0 Å². The van der Waals surface area contributed by atoms with Crippen LogP contribution in [0.25, 0.3) is 0 Å². The summed E-state index contributed by atoms with van der Waals surface area (Å²) in [5.41, 5.74) is 0. The maximum atomic E-state index is 9.78. The first-order chi connectivity index (χ1) is 9.86. The zero-order chi connectivity index (χ0) is 15.7. The van der Waals surface area contributed by atoms with Crippen LogP contribution in [0.1, 0.15) is 0 Å². The standard InChI is InChI=1S/C11H20O10/c12-1-4-6(15)7(16)8(17)11(20-4)21-9-5(14)3(13)2-19-10(9)18/h3-18H,1-2H2/t3-,4?,5+,6+,7+,8?,9?,10?,11+/m1/s1. The molecule has 7 N–H and O–H groups in total. The highest BCUT2D eigenvalue weighted by Gasteiger charge is 2.48. The predicted molar refractivity (Wildman–Crippen MR) is 62.6 cm³/mol. The Morgan fingerprint density at radius 3 is 2.19 bits per heavy atom. The van der Waals surface area contributed by atoms with Crippen LogP contribution >= 0.6 is 0 Å². The second kappa shape index (κ2) is 6.79. The van der Waals surface area contributed by atoms with E-state index < -0.39 is 61.9 Å². The fourth-order valence-electron chi connectivity index (χ4n) is 2.26. The third-order valence-corrected chi connectivity index (χ3v) is 3.59. The van der Waals surface area contributed by atoms with Gasteiger partial charge in [-0.25, -0.2) is 0 Å². The Morgan fingerprint density at radius 2 is 1.57 bits per heavy atom. The second-order valence-corrected chi connectivity index (χ2v) is 5.08. The number of hydrogen-bond donors (Lipinski definition) is 7. The van der Waals surface area contributed by atoms with Crippen molar-refractivity contribution >= 4 is 0 Å². The van der Waals surface area contributed by atoms with Gasteiger partial charge in [-0.15, -0.1) is 0 Å². The Bertz CT molecular complexity index is 339. The van der Waals surface area contributed by atoms with Gasteiger partial charge in [0.1, 0.15) is 42.7 Å². The SMILES string of the molecule is OCC1O[C@@H](OC2C(O)OC[C@@H](O)[C@@H]2O)C(O)[C@@H](O)[C@H]1O. The summed E-state index contributed by atoms with van der Waals surface area (Å²) in [6.45, 7) is -0.934. The molecule has 2 aliphatic heterocycles. The van der Waals surface area contributed by atoms with E-state index in [2.05, 4.69) is 0 Å². The van der Waals surface area contributed by atoms with Crippen LogP contribution in [0.5, 0.6) is 0 Å². The van der Waals surface area contributed by atoms with Gasteiger partial charge >= 0.3 is 0 Å². The predicted octanol–water partition coefficient (Wildman–Crippen LogP) is -4.76. The average Bonchev–Trinajstić information content (AvgIpc) is 2.47. The van der Waals surface area contributed by atoms with Crippen LogP contribution < -0.4 is 0 Å². The molecular weight excluding hydrogens is 292 g/mol. The van der Waals surface area contributed by atoms with Crippen LogP contribution in [-0.4, -0.2) is 104 Å². The highest BCUT2D eigenvalue weighted by molar-refractivity contribution is 4.91. The van der Waals surface area contributed by atoms with Gasteiger partial charge < -0.3 is 50.0 Å². The smallest absolute Gasteiger partial charge is 0.187 e. The van der Waals surface area contributed by atoms with E-state index in [9.17, 15) is 30.6 Å². The normalized spacial score (nSPS) is 51.9. The Morgan fingerprint density at radius 1 is 0.905 bits per heavy atom. The van der Waals surface area contributed by atoms with Crippen molar-refractivity contribution in [2.75, 3.05) is 13.2 Å². The Hall–Kier alpha value is -0.400.